The second kappa shape index (κ2) is 5.58. The highest BCUT2D eigenvalue weighted by Gasteiger charge is 2.29. The fourth-order valence-electron chi connectivity index (χ4n) is 2.53. The first-order chi connectivity index (χ1) is 9.72. The van der Waals surface area contributed by atoms with Crippen LogP contribution in [-0.2, 0) is 11.8 Å². The number of nitrogens with zero attached hydrogens (tertiary/aromatic N) is 4. The van der Waals surface area contributed by atoms with Crippen LogP contribution >= 0.6 is 0 Å². The summed E-state index contributed by atoms with van der Waals surface area (Å²) >= 11 is 0. The molecule has 0 spiro atoms. The second-order valence-electron chi connectivity index (χ2n) is 5.15. The highest BCUT2D eigenvalue weighted by molar-refractivity contribution is 5.29. The van der Waals surface area contributed by atoms with Crippen molar-refractivity contribution in [2.45, 2.75) is 31.9 Å². The molecule has 6 heteroatoms. The van der Waals surface area contributed by atoms with Gasteiger partial charge in [0.15, 0.2) is 0 Å². The van der Waals surface area contributed by atoms with E-state index < -0.39 is 0 Å². The van der Waals surface area contributed by atoms with Gasteiger partial charge in [0.1, 0.15) is 6.10 Å². The summed E-state index contributed by atoms with van der Waals surface area (Å²) in [5, 5.41) is 7.62. The van der Waals surface area contributed by atoms with Gasteiger partial charge in [-0.2, -0.15) is 5.10 Å². The molecule has 0 saturated carbocycles. The van der Waals surface area contributed by atoms with Gasteiger partial charge < -0.3 is 10.1 Å². The molecule has 1 saturated heterocycles. The summed E-state index contributed by atoms with van der Waals surface area (Å²) in [7, 11) is 1.92. The molecule has 2 aromatic heterocycles. The highest BCUT2D eigenvalue weighted by atomic mass is 16.5. The Morgan fingerprint density at radius 2 is 2.35 bits per heavy atom. The lowest BCUT2D eigenvalue weighted by Gasteiger charge is -2.31. The van der Waals surface area contributed by atoms with Crippen LogP contribution in [-0.4, -0.2) is 32.4 Å². The molecule has 2 aromatic rings. The average Bonchev–Trinajstić information content (AvgIpc) is 2.86. The van der Waals surface area contributed by atoms with Crippen LogP contribution in [0, 0.1) is 6.92 Å². The standard InChI is InChI=1S/C14H19N5O/c1-10-5-6-15-14(17-10)18-12-4-3-7-20-13(12)11-8-16-19(2)9-11/h5-6,8-9,12-13H,3-4,7H2,1-2H3,(H,15,17,18)/t12-,13+/m0/s1. The van der Waals surface area contributed by atoms with E-state index in [0.717, 1.165) is 30.7 Å². The van der Waals surface area contributed by atoms with Gasteiger partial charge in [0, 0.05) is 37.3 Å². The third kappa shape index (κ3) is 2.80. The Kier molecular flexibility index (Phi) is 3.64. The van der Waals surface area contributed by atoms with E-state index in [1.807, 2.05) is 32.4 Å². The highest BCUT2D eigenvalue weighted by Crippen LogP contribution is 2.29. The zero-order valence-electron chi connectivity index (χ0n) is 11.8. The average molecular weight is 273 g/mol. The minimum atomic E-state index is 0.00145. The first-order valence-electron chi connectivity index (χ1n) is 6.89. The third-order valence-electron chi connectivity index (χ3n) is 3.49. The van der Waals surface area contributed by atoms with Crippen molar-refractivity contribution in [2.75, 3.05) is 11.9 Å². The van der Waals surface area contributed by atoms with Crippen LogP contribution in [0.2, 0.25) is 0 Å². The Labute approximate surface area is 118 Å². The lowest BCUT2D eigenvalue weighted by Crippen LogP contribution is -2.34. The van der Waals surface area contributed by atoms with Crippen LogP contribution in [0.25, 0.3) is 0 Å². The maximum atomic E-state index is 5.92. The SMILES string of the molecule is Cc1ccnc(N[C@H]2CCCO[C@@H]2c2cnn(C)c2)n1. The molecular formula is C14H19N5O. The zero-order valence-corrected chi connectivity index (χ0v) is 11.8. The Bertz CT molecular complexity index is 582. The summed E-state index contributed by atoms with van der Waals surface area (Å²) in [6.45, 7) is 2.75. The van der Waals surface area contributed by atoms with E-state index in [9.17, 15) is 0 Å². The van der Waals surface area contributed by atoms with Gasteiger partial charge in [-0.15, -0.1) is 0 Å². The molecule has 6 nitrogen and oxygen atoms in total. The van der Waals surface area contributed by atoms with Crippen molar-refractivity contribution in [3.8, 4) is 0 Å². The minimum absolute atomic E-state index is 0.00145. The van der Waals surface area contributed by atoms with Crippen molar-refractivity contribution in [3.05, 3.63) is 35.9 Å². The topological polar surface area (TPSA) is 64.9 Å². The fourth-order valence-corrected chi connectivity index (χ4v) is 2.53. The van der Waals surface area contributed by atoms with E-state index >= 15 is 0 Å². The summed E-state index contributed by atoms with van der Waals surface area (Å²) in [5.41, 5.74) is 2.05. The number of aromatic nitrogens is 4. The van der Waals surface area contributed by atoms with Crippen LogP contribution in [0.4, 0.5) is 5.95 Å². The van der Waals surface area contributed by atoms with Gasteiger partial charge >= 0.3 is 0 Å². The second-order valence-corrected chi connectivity index (χ2v) is 5.15. The molecule has 20 heavy (non-hydrogen) atoms. The number of rotatable bonds is 3. The lowest BCUT2D eigenvalue weighted by atomic mass is 9.98. The molecular weight excluding hydrogens is 254 g/mol. The summed E-state index contributed by atoms with van der Waals surface area (Å²) in [4.78, 5) is 8.67. The van der Waals surface area contributed by atoms with Crippen molar-refractivity contribution in [1.29, 1.82) is 0 Å². The van der Waals surface area contributed by atoms with Crippen molar-refractivity contribution in [1.82, 2.24) is 19.7 Å². The van der Waals surface area contributed by atoms with E-state index in [0.29, 0.717) is 5.95 Å². The van der Waals surface area contributed by atoms with Crippen LogP contribution in [0.5, 0.6) is 0 Å². The Hall–Kier alpha value is -1.95. The molecule has 0 amide bonds. The summed E-state index contributed by atoms with van der Waals surface area (Å²) in [5.74, 6) is 0.661. The molecule has 3 rings (SSSR count). The molecule has 3 heterocycles. The maximum Gasteiger partial charge on any atom is 0.223 e. The van der Waals surface area contributed by atoms with E-state index in [4.69, 9.17) is 4.74 Å². The van der Waals surface area contributed by atoms with Gasteiger partial charge in [-0.3, -0.25) is 4.68 Å². The normalized spacial score (nSPS) is 22.7. The van der Waals surface area contributed by atoms with E-state index in [2.05, 4.69) is 20.4 Å². The fraction of sp³-hybridized carbons (Fsp3) is 0.500. The third-order valence-corrected chi connectivity index (χ3v) is 3.49. The zero-order chi connectivity index (χ0) is 13.9. The first kappa shape index (κ1) is 13.1. The number of hydrogen-bond acceptors (Lipinski definition) is 5. The number of anilines is 1. The maximum absolute atomic E-state index is 5.92. The number of aryl methyl sites for hydroxylation is 2. The van der Waals surface area contributed by atoms with E-state index in [1.54, 1.807) is 10.9 Å². The van der Waals surface area contributed by atoms with Gasteiger partial charge in [0.25, 0.3) is 0 Å². The Morgan fingerprint density at radius 1 is 1.45 bits per heavy atom. The molecule has 1 aliphatic rings. The molecule has 0 aliphatic carbocycles. The van der Waals surface area contributed by atoms with Crippen LogP contribution in [0.1, 0.15) is 30.2 Å². The predicted octanol–water partition coefficient (Wildman–Crippen LogP) is 1.85. The van der Waals surface area contributed by atoms with Gasteiger partial charge in [-0.25, -0.2) is 9.97 Å². The van der Waals surface area contributed by atoms with E-state index in [1.165, 1.54) is 0 Å². The van der Waals surface area contributed by atoms with Crippen LogP contribution in [0.15, 0.2) is 24.7 Å². The summed E-state index contributed by atoms with van der Waals surface area (Å²) in [6, 6.07) is 2.07. The molecule has 1 N–H and O–H groups in total. The summed E-state index contributed by atoms with van der Waals surface area (Å²) < 4.78 is 7.72. The van der Waals surface area contributed by atoms with Crippen molar-refractivity contribution >= 4 is 5.95 Å². The minimum Gasteiger partial charge on any atom is -0.371 e. The molecule has 0 radical (unpaired) electrons. The van der Waals surface area contributed by atoms with Gasteiger partial charge in [0.2, 0.25) is 5.95 Å². The van der Waals surface area contributed by atoms with Gasteiger partial charge in [-0.1, -0.05) is 0 Å². The molecule has 1 aliphatic heterocycles. The summed E-state index contributed by atoms with van der Waals surface area (Å²) in [6.07, 6.45) is 7.72. The lowest BCUT2D eigenvalue weighted by molar-refractivity contribution is 0.00541. The van der Waals surface area contributed by atoms with Crippen LogP contribution in [0.3, 0.4) is 0 Å². The molecule has 0 aromatic carbocycles. The first-order valence-corrected chi connectivity index (χ1v) is 6.89. The molecule has 0 bridgehead atoms. The van der Waals surface area contributed by atoms with Crippen molar-refractivity contribution in [2.24, 2.45) is 7.05 Å². The molecule has 0 unspecified atom stereocenters. The number of hydrogen-bond donors (Lipinski definition) is 1. The predicted molar refractivity (Wildman–Crippen MR) is 75.3 cm³/mol. The molecule has 106 valence electrons. The van der Waals surface area contributed by atoms with Gasteiger partial charge in [-0.05, 0) is 25.8 Å². The monoisotopic (exact) mass is 273 g/mol. The molecule has 1 fully saturated rings. The smallest absolute Gasteiger partial charge is 0.223 e. The Balaban J connectivity index is 1.79. The number of ether oxygens (including phenoxy) is 1. The van der Waals surface area contributed by atoms with E-state index in [-0.39, 0.29) is 12.1 Å². The number of nitrogens with one attached hydrogen (secondary N) is 1. The quantitative estimate of drug-likeness (QED) is 0.924. The largest absolute Gasteiger partial charge is 0.371 e. The van der Waals surface area contributed by atoms with Crippen molar-refractivity contribution in [3.63, 3.8) is 0 Å². The van der Waals surface area contributed by atoms with Gasteiger partial charge in [0.05, 0.1) is 12.2 Å². The molecule has 2 atom stereocenters. The van der Waals surface area contributed by atoms with Crippen molar-refractivity contribution < 1.29 is 4.74 Å². The van der Waals surface area contributed by atoms with Crippen LogP contribution < -0.4 is 5.32 Å². The Morgan fingerprint density at radius 3 is 3.10 bits per heavy atom.